The van der Waals surface area contributed by atoms with Crippen molar-refractivity contribution < 1.29 is 9.53 Å². The Morgan fingerprint density at radius 1 is 1.32 bits per heavy atom. The highest BCUT2D eigenvalue weighted by Crippen LogP contribution is 2.14. The average molecular weight is 268 g/mol. The zero-order valence-corrected chi connectivity index (χ0v) is 11.5. The van der Waals surface area contributed by atoms with E-state index in [1.54, 1.807) is 4.90 Å². The van der Waals surface area contributed by atoms with Crippen LogP contribution in [0.2, 0.25) is 0 Å². The second-order valence-corrected chi connectivity index (χ2v) is 3.69. The minimum atomic E-state index is -0.440. The minimum Gasteiger partial charge on any atom is -0.464 e. The lowest BCUT2D eigenvalue weighted by Gasteiger charge is -2.19. The van der Waals surface area contributed by atoms with Crippen LogP contribution in [-0.4, -0.2) is 47.1 Å². The average Bonchev–Trinajstić information content (AvgIpc) is 2.36. The van der Waals surface area contributed by atoms with Crippen molar-refractivity contribution in [3.05, 3.63) is 0 Å². The SMILES string of the molecule is CCNc1nc(OCC)nc(N(CC)CC(N)=O)n1. The Hall–Kier alpha value is -2.12. The Labute approximate surface area is 112 Å². The number of ether oxygens (including phenoxy) is 1. The number of hydrogen-bond donors (Lipinski definition) is 2. The van der Waals surface area contributed by atoms with Crippen LogP contribution < -0.4 is 20.7 Å². The fraction of sp³-hybridized carbons (Fsp3) is 0.636. The van der Waals surface area contributed by atoms with Crippen LogP contribution in [0.1, 0.15) is 20.8 Å². The highest BCUT2D eigenvalue weighted by atomic mass is 16.5. The van der Waals surface area contributed by atoms with Crippen LogP contribution in [0.25, 0.3) is 0 Å². The molecule has 0 aliphatic carbocycles. The Bertz CT molecular complexity index is 401. The van der Waals surface area contributed by atoms with Crippen molar-refractivity contribution in [1.82, 2.24) is 15.0 Å². The Kier molecular flexibility index (Phi) is 5.77. The molecule has 106 valence electrons. The topological polar surface area (TPSA) is 106 Å². The molecule has 1 aromatic heterocycles. The molecule has 0 bridgehead atoms. The molecule has 19 heavy (non-hydrogen) atoms. The molecule has 0 saturated carbocycles. The summed E-state index contributed by atoms with van der Waals surface area (Å²) in [6.45, 7) is 7.41. The van der Waals surface area contributed by atoms with Crippen LogP contribution in [0.3, 0.4) is 0 Å². The van der Waals surface area contributed by atoms with Gasteiger partial charge in [0.05, 0.1) is 13.2 Å². The number of amides is 1. The van der Waals surface area contributed by atoms with Gasteiger partial charge in [0.2, 0.25) is 17.8 Å². The molecule has 0 aliphatic rings. The van der Waals surface area contributed by atoms with Crippen molar-refractivity contribution in [2.45, 2.75) is 20.8 Å². The van der Waals surface area contributed by atoms with E-state index in [-0.39, 0.29) is 12.6 Å². The number of likely N-dealkylation sites (N-methyl/N-ethyl adjacent to an activating group) is 1. The van der Waals surface area contributed by atoms with E-state index in [9.17, 15) is 4.79 Å². The highest BCUT2D eigenvalue weighted by Gasteiger charge is 2.14. The quantitative estimate of drug-likeness (QED) is 0.684. The highest BCUT2D eigenvalue weighted by molar-refractivity contribution is 5.78. The summed E-state index contributed by atoms with van der Waals surface area (Å²) in [7, 11) is 0. The van der Waals surface area contributed by atoms with Gasteiger partial charge in [-0.25, -0.2) is 0 Å². The van der Waals surface area contributed by atoms with Crippen molar-refractivity contribution in [2.24, 2.45) is 5.73 Å². The molecule has 0 atom stereocenters. The molecule has 0 fully saturated rings. The molecule has 1 aromatic rings. The van der Waals surface area contributed by atoms with Gasteiger partial charge in [-0.3, -0.25) is 4.79 Å². The second kappa shape index (κ2) is 7.34. The molecule has 0 aromatic carbocycles. The van der Waals surface area contributed by atoms with E-state index < -0.39 is 5.91 Å². The van der Waals surface area contributed by atoms with Crippen LogP contribution in [-0.2, 0) is 4.79 Å². The first-order valence-corrected chi connectivity index (χ1v) is 6.26. The third-order valence-electron chi connectivity index (χ3n) is 2.22. The van der Waals surface area contributed by atoms with Gasteiger partial charge >= 0.3 is 6.01 Å². The van der Waals surface area contributed by atoms with Gasteiger partial charge in [0.25, 0.3) is 0 Å². The van der Waals surface area contributed by atoms with Gasteiger partial charge in [0.1, 0.15) is 0 Å². The van der Waals surface area contributed by atoms with E-state index in [0.29, 0.717) is 31.6 Å². The molecule has 0 aliphatic heterocycles. The van der Waals surface area contributed by atoms with E-state index in [2.05, 4.69) is 20.3 Å². The minimum absolute atomic E-state index is 0.0532. The van der Waals surface area contributed by atoms with Crippen molar-refractivity contribution in [3.8, 4) is 6.01 Å². The van der Waals surface area contributed by atoms with Crippen molar-refractivity contribution >= 4 is 17.8 Å². The van der Waals surface area contributed by atoms with Gasteiger partial charge < -0.3 is 20.7 Å². The maximum Gasteiger partial charge on any atom is 0.323 e. The number of hydrogen-bond acceptors (Lipinski definition) is 7. The number of rotatable bonds is 8. The molecule has 0 spiro atoms. The van der Waals surface area contributed by atoms with E-state index in [4.69, 9.17) is 10.5 Å². The van der Waals surface area contributed by atoms with E-state index in [0.717, 1.165) is 0 Å². The van der Waals surface area contributed by atoms with Gasteiger partial charge in [0.15, 0.2) is 0 Å². The largest absolute Gasteiger partial charge is 0.464 e. The van der Waals surface area contributed by atoms with Gasteiger partial charge in [-0.2, -0.15) is 15.0 Å². The molecule has 8 heteroatoms. The lowest BCUT2D eigenvalue weighted by molar-refractivity contribution is -0.116. The molecule has 1 amide bonds. The van der Waals surface area contributed by atoms with E-state index >= 15 is 0 Å². The maximum absolute atomic E-state index is 11.0. The first kappa shape index (κ1) is 14.9. The molecule has 0 unspecified atom stereocenters. The van der Waals surface area contributed by atoms with Gasteiger partial charge in [-0.05, 0) is 20.8 Å². The van der Waals surface area contributed by atoms with E-state index in [1.807, 2.05) is 20.8 Å². The Balaban J connectivity index is 3.04. The van der Waals surface area contributed by atoms with Crippen LogP contribution in [0.15, 0.2) is 0 Å². The first-order valence-electron chi connectivity index (χ1n) is 6.26. The predicted molar refractivity (Wildman–Crippen MR) is 72.2 cm³/mol. The van der Waals surface area contributed by atoms with Crippen molar-refractivity contribution in [3.63, 3.8) is 0 Å². The molecule has 3 N–H and O–H groups in total. The lowest BCUT2D eigenvalue weighted by Crippen LogP contribution is -2.35. The zero-order valence-electron chi connectivity index (χ0n) is 11.5. The third kappa shape index (κ3) is 4.57. The Morgan fingerprint density at radius 2 is 2.05 bits per heavy atom. The summed E-state index contributed by atoms with van der Waals surface area (Å²) in [6, 6.07) is 0.228. The summed E-state index contributed by atoms with van der Waals surface area (Å²) in [5, 5.41) is 2.99. The summed E-state index contributed by atoms with van der Waals surface area (Å²) < 4.78 is 5.29. The summed E-state index contributed by atoms with van der Waals surface area (Å²) in [5.41, 5.74) is 5.20. The molecular weight excluding hydrogens is 248 g/mol. The molecule has 1 rings (SSSR count). The first-order chi connectivity index (χ1) is 9.10. The third-order valence-corrected chi connectivity index (χ3v) is 2.22. The van der Waals surface area contributed by atoms with Gasteiger partial charge in [-0.1, -0.05) is 0 Å². The fourth-order valence-electron chi connectivity index (χ4n) is 1.43. The summed E-state index contributed by atoms with van der Waals surface area (Å²) >= 11 is 0. The number of nitrogens with one attached hydrogen (secondary N) is 1. The number of anilines is 2. The van der Waals surface area contributed by atoms with Crippen molar-refractivity contribution in [1.29, 1.82) is 0 Å². The molecule has 0 radical (unpaired) electrons. The maximum atomic E-state index is 11.0. The number of nitrogens with two attached hydrogens (primary N) is 1. The molecule has 1 heterocycles. The molecule has 0 saturated heterocycles. The second-order valence-electron chi connectivity index (χ2n) is 3.69. The van der Waals surface area contributed by atoms with Crippen LogP contribution in [0, 0.1) is 0 Å². The Morgan fingerprint density at radius 3 is 2.58 bits per heavy atom. The van der Waals surface area contributed by atoms with Crippen LogP contribution in [0.5, 0.6) is 6.01 Å². The number of nitrogens with zero attached hydrogens (tertiary/aromatic N) is 4. The molecular formula is C11H20N6O2. The smallest absolute Gasteiger partial charge is 0.323 e. The number of carbonyl (C=O) groups is 1. The zero-order chi connectivity index (χ0) is 14.3. The lowest BCUT2D eigenvalue weighted by atomic mass is 10.5. The molecule has 8 nitrogen and oxygen atoms in total. The van der Waals surface area contributed by atoms with Crippen molar-refractivity contribution in [2.75, 3.05) is 36.5 Å². The van der Waals surface area contributed by atoms with Crippen LogP contribution in [0.4, 0.5) is 11.9 Å². The summed E-state index contributed by atoms with van der Waals surface area (Å²) in [6.07, 6.45) is 0. The fourth-order valence-corrected chi connectivity index (χ4v) is 1.43. The van der Waals surface area contributed by atoms with Crippen LogP contribution >= 0.6 is 0 Å². The van der Waals surface area contributed by atoms with Gasteiger partial charge in [0, 0.05) is 13.1 Å². The number of aromatic nitrogens is 3. The predicted octanol–water partition coefficient (Wildman–Crippen LogP) is 0.0137. The number of carbonyl (C=O) groups excluding carboxylic acids is 1. The summed E-state index contributed by atoms with van der Waals surface area (Å²) in [5.74, 6) is 0.347. The normalized spacial score (nSPS) is 10.1. The van der Waals surface area contributed by atoms with E-state index in [1.165, 1.54) is 0 Å². The van der Waals surface area contributed by atoms with Gasteiger partial charge in [-0.15, -0.1) is 0 Å². The standard InChI is InChI=1S/C11H20N6O2/c1-4-13-9-14-10(16-11(15-9)19-6-3)17(5-2)7-8(12)18/h4-7H2,1-3H3,(H2,12,18)(H,13,14,15,16). The number of primary amides is 1. The summed E-state index contributed by atoms with van der Waals surface area (Å²) in [4.78, 5) is 25.2. The monoisotopic (exact) mass is 268 g/mol.